The molecule has 38 heavy (non-hydrogen) atoms. The average molecular weight is 542 g/mol. The van der Waals surface area contributed by atoms with Crippen molar-refractivity contribution < 1.29 is 9.63 Å². The second-order valence-corrected chi connectivity index (χ2v) is 9.91. The Morgan fingerprint density at radius 1 is 0.947 bits per heavy atom. The van der Waals surface area contributed by atoms with Crippen LogP contribution in [-0.2, 0) is 22.2 Å². The number of tetrazole rings is 1. The van der Waals surface area contributed by atoms with Crippen LogP contribution in [0.2, 0.25) is 0 Å². The van der Waals surface area contributed by atoms with E-state index in [2.05, 4.69) is 62.4 Å². The number of carbonyl (C=O) groups is 1. The number of nitrogens with zero attached hydrogens (tertiary/aromatic N) is 6. The molecule has 0 saturated heterocycles. The van der Waals surface area contributed by atoms with E-state index in [0.717, 1.165) is 28.5 Å². The Hall–Kier alpha value is -4.35. The maximum atomic E-state index is 13.1. The molecule has 0 atom stereocenters. The van der Waals surface area contributed by atoms with Crippen LogP contribution in [0.4, 0.5) is 5.13 Å². The quantitative estimate of drug-likeness (QED) is 0.123. The molecule has 5 aromatic rings. The molecule has 190 valence electrons. The van der Waals surface area contributed by atoms with Crippen molar-refractivity contribution in [3.8, 4) is 0 Å². The van der Waals surface area contributed by atoms with Gasteiger partial charge in [0.1, 0.15) is 18.3 Å². The zero-order valence-electron chi connectivity index (χ0n) is 20.6. The molecule has 1 N–H and O–H groups in total. The van der Waals surface area contributed by atoms with Crippen LogP contribution in [0.25, 0.3) is 0 Å². The number of thiazole rings is 1. The molecule has 2 aromatic heterocycles. The summed E-state index contributed by atoms with van der Waals surface area (Å²) < 4.78 is 1.41. The van der Waals surface area contributed by atoms with Crippen LogP contribution in [-0.4, -0.2) is 43.1 Å². The lowest BCUT2D eigenvalue weighted by atomic mass is 9.77. The van der Waals surface area contributed by atoms with Crippen molar-refractivity contribution >= 4 is 39.1 Å². The first-order valence-corrected chi connectivity index (χ1v) is 13.3. The predicted octanol–water partition coefficient (Wildman–Crippen LogP) is 4.74. The Labute approximate surface area is 227 Å². The van der Waals surface area contributed by atoms with Crippen LogP contribution in [0.3, 0.4) is 0 Å². The summed E-state index contributed by atoms with van der Waals surface area (Å²) in [6.07, 6.45) is 0. The summed E-state index contributed by atoms with van der Waals surface area (Å²) in [5, 5.41) is 21.2. The number of aromatic nitrogens is 5. The third-order valence-electron chi connectivity index (χ3n) is 5.80. The molecule has 0 aliphatic heterocycles. The summed E-state index contributed by atoms with van der Waals surface area (Å²) in [6.45, 7) is 0. The van der Waals surface area contributed by atoms with Crippen LogP contribution in [0, 0.1) is 0 Å². The van der Waals surface area contributed by atoms with Gasteiger partial charge in [-0.15, -0.1) is 16.4 Å². The molecule has 0 bridgehead atoms. The van der Waals surface area contributed by atoms with Gasteiger partial charge in [0.2, 0.25) is 5.16 Å². The second kappa shape index (κ2) is 11.4. The molecule has 0 aliphatic rings. The van der Waals surface area contributed by atoms with Crippen molar-refractivity contribution in [3.05, 3.63) is 119 Å². The van der Waals surface area contributed by atoms with Gasteiger partial charge in [0.05, 0.1) is 0 Å². The van der Waals surface area contributed by atoms with E-state index in [9.17, 15) is 4.79 Å². The summed E-state index contributed by atoms with van der Waals surface area (Å²) in [6, 6.07) is 30.7. The standard InChI is InChI=1S/C27H23N7O2S2/c1-34-26(30-32-33-34)38-24(35)23(31-36-2)22-18-37-25(28-22)29-27(19-12-6-3-7-13-19,20-14-8-4-9-15-20)21-16-10-5-11-17-21/h3-18H,1-2H3,(H,28,29)/b31-23-. The van der Waals surface area contributed by atoms with Gasteiger partial charge in [-0.05, 0) is 38.9 Å². The molecule has 2 heterocycles. The summed E-state index contributed by atoms with van der Waals surface area (Å²) in [5.74, 6) is 0. The molecular weight excluding hydrogens is 518 g/mol. The Bertz CT molecular complexity index is 1440. The van der Waals surface area contributed by atoms with Crippen molar-refractivity contribution in [3.63, 3.8) is 0 Å². The number of rotatable bonds is 9. The first kappa shape index (κ1) is 25.3. The van der Waals surface area contributed by atoms with Gasteiger partial charge in [-0.25, -0.2) is 9.67 Å². The Morgan fingerprint density at radius 3 is 1.97 bits per heavy atom. The Balaban J connectivity index is 1.57. The van der Waals surface area contributed by atoms with E-state index >= 15 is 0 Å². The molecule has 0 fully saturated rings. The first-order valence-electron chi connectivity index (χ1n) is 11.6. The Kier molecular flexibility index (Phi) is 7.57. The number of thioether (sulfide) groups is 1. The van der Waals surface area contributed by atoms with E-state index in [1.54, 1.807) is 12.4 Å². The van der Waals surface area contributed by atoms with Crippen molar-refractivity contribution in [2.24, 2.45) is 12.2 Å². The van der Waals surface area contributed by atoms with E-state index in [-0.39, 0.29) is 10.8 Å². The lowest BCUT2D eigenvalue weighted by Crippen LogP contribution is -2.38. The highest BCUT2D eigenvalue weighted by atomic mass is 32.2. The molecule has 11 heteroatoms. The molecule has 0 aliphatic carbocycles. The number of anilines is 1. The molecule has 5 rings (SSSR count). The van der Waals surface area contributed by atoms with Gasteiger partial charge >= 0.3 is 0 Å². The van der Waals surface area contributed by atoms with Crippen LogP contribution >= 0.6 is 23.1 Å². The third-order valence-corrected chi connectivity index (χ3v) is 7.47. The van der Waals surface area contributed by atoms with E-state index in [1.807, 2.05) is 54.6 Å². The van der Waals surface area contributed by atoms with Gasteiger partial charge in [-0.1, -0.05) is 96.2 Å². The lowest BCUT2D eigenvalue weighted by Gasteiger charge is -2.36. The van der Waals surface area contributed by atoms with Crippen molar-refractivity contribution in [2.45, 2.75) is 10.7 Å². The van der Waals surface area contributed by atoms with Crippen molar-refractivity contribution in [2.75, 3.05) is 12.4 Å². The van der Waals surface area contributed by atoms with Crippen molar-refractivity contribution in [1.29, 1.82) is 0 Å². The molecule has 3 aromatic carbocycles. The summed E-state index contributed by atoms with van der Waals surface area (Å²) in [7, 11) is 3.04. The van der Waals surface area contributed by atoms with Crippen LogP contribution in [0.15, 0.2) is 107 Å². The first-order chi connectivity index (χ1) is 18.6. The van der Waals surface area contributed by atoms with Gasteiger partial charge in [0.15, 0.2) is 10.8 Å². The lowest BCUT2D eigenvalue weighted by molar-refractivity contribution is -0.105. The molecule has 9 nitrogen and oxygen atoms in total. The minimum Gasteiger partial charge on any atom is -0.398 e. The fourth-order valence-corrected chi connectivity index (χ4v) is 5.50. The molecule has 0 amide bonds. The van der Waals surface area contributed by atoms with Crippen LogP contribution < -0.4 is 5.32 Å². The van der Waals surface area contributed by atoms with Gasteiger partial charge in [0.25, 0.3) is 5.12 Å². The summed E-state index contributed by atoms with van der Waals surface area (Å²) in [5.41, 5.74) is 2.83. The largest absolute Gasteiger partial charge is 0.398 e. The minimum absolute atomic E-state index is 0.0644. The fraction of sp³-hybridized carbons (Fsp3) is 0.111. The Morgan fingerprint density at radius 2 is 1.50 bits per heavy atom. The highest BCUT2D eigenvalue weighted by Crippen LogP contribution is 2.40. The zero-order chi connectivity index (χ0) is 26.4. The third kappa shape index (κ3) is 5.06. The van der Waals surface area contributed by atoms with Gasteiger partial charge in [-0.2, -0.15) is 0 Å². The molecule has 0 unspecified atom stereocenters. The number of carbonyl (C=O) groups excluding carboxylic acids is 1. The monoisotopic (exact) mass is 541 g/mol. The average Bonchev–Trinajstić information content (AvgIpc) is 3.60. The number of hydrogen-bond acceptors (Lipinski definition) is 10. The number of aryl methyl sites for hydroxylation is 1. The summed E-state index contributed by atoms with van der Waals surface area (Å²) in [4.78, 5) is 22.9. The van der Waals surface area contributed by atoms with Crippen molar-refractivity contribution in [1.82, 2.24) is 25.2 Å². The van der Waals surface area contributed by atoms with Crippen LogP contribution in [0.5, 0.6) is 0 Å². The smallest absolute Gasteiger partial charge is 0.251 e. The highest BCUT2D eigenvalue weighted by molar-refractivity contribution is 8.15. The number of benzene rings is 3. The van der Waals surface area contributed by atoms with E-state index in [4.69, 9.17) is 9.82 Å². The van der Waals surface area contributed by atoms with Gasteiger partial charge < -0.3 is 10.2 Å². The fourth-order valence-electron chi connectivity index (χ4n) is 4.10. The van der Waals surface area contributed by atoms with Gasteiger partial charge in [0, 0.05) is 12.4 Å². The number of hydrogen-bond donors (Lipinski definition) is 1. The molecular formula is C27H23N7O2S2. The summed E-state index contributed by atoms with van der Waals surface area (Å²) >= 11 is 2.23. The van der Waals surface area contributed by atoms with E-state index in [0.29, 0.717) is 16.0 Å². The normalized spacial score (nSPS) is 11.8. The minimum atomic E-state index is -0.749. The highest BCUT2D eigenvalue weighted by Gasteiger charge is 2.37. The van der Waals surface area contributed by atoms with Gasteiger partial charge in [-0.3, -0.25) is 4.79 Å². The molecule has 0 saturated carbocycles. The molecule has 0 spiro atoms. The number of oxime groups is 1. The molecule has 0 radical (unpaired) electrons. The van der Waals surface area contributed by atoms with Crippen LogP contribution in [0.1, 0.15) is 22.4 Å². The predicted molar refractivity (Wildman–Crippen MR) is 148 cm³/mol. The van der Waals surface area contributed by atoms with E-state index in [1.165, 1.54) is 23.1 Å². The maximum absolute atomic E-state index is 13.1. The topological polar surface area (TPSA) is 107 Å². The SMILES string of the molecule is CO/N=C(\C(=O)Sc1nnnn1C)c1csc(NC(c2ccccc2)(c2ccccc2)c2ccccc2)n1. The van der Waals surface area contributed by atoms with E-state index < -0.39 is 5.54 Å². The zero-order valence-corrected chi connectivity index (χ0v) is 22.2. The maximum Gasteiger partial charge on any atom is 0.251 e. The second-order valence-electron chi connectivity index (χ2n) is 8.11. The number of nitrogens with one attached hydrogen (secondary N) is 1.